The van der Waals surface area contributed by atoms with Crippen LogP contribution in [0.2, 0.25) is 0 Å². The largest absolute Gasteiger partial charge is 0.456 e. The van der Waals surface area contributed by atoms with Gasteiger partial charge in [-0.1, -0.05) is 10.3 Å². The van der Waals surface area contributed by atoms with Crippen LogP contribution in [0.25, 0.3) is 0 Å². The number of alkyl halides is 1. The lowest BCUT2D eigenvalue weighted by molar-refractivity contribution is 0.0136. The number of rotatable bonds is 5. The summed E-state index contributed by atoms with van der Waals surface area (Å²) in [6, 6.07) is 3.38. The number of hydrogen-bond donors (Lipinski definition) is 0. The molecule has 2 fully saturated rings. The van der Waals surface area contributed by atoms with Crippen LogP contribution in [0.1, 0.15) is 76.6 Å². The van der Waals surface area contributed by atoms with Gasteiger partial charge in [0.1, 0.15) is 11.5 Å². The minimum atomic E-state index is -1.83. The highest BCUT2D eigenvalue weighted by molar-refractivity contribution is 5.91. The third-order valence-corrected chi connectivity index (χ3v) is 5.90. The van der Waals surface area contributed by atoms with Crippen LogP contribution in [-0.2, 0) is 12.1 Å². The smallest absolute Gasteiger partial charge is 0.289 e. The number of likely N-dealkylation sites (tertiary alicyclic amines) is 1. The lowest BCUT2D eigenvalue weighted by Gasteiger charge is -2.34. The fraction of sp³-hybridized carbons (Fsp3) is 0.524. The molecular weight excluding hydrogens is 391 g/mol. The van der Waals surface area contributed by atoms with Crippen molar-refractivity contribution < 1.29 is 22.6 Å². The molecule has 1 unspecified atom stereocenters. The fourth-order valence-electron chi connectivity index (χ4n) is 3.96. The van der Waals surface area contributed by atoms with E-state index in [2.05, 4.69) is 15.3 Å². The third-order valence-electron chi connectivity index (χ3n) is 5.90. The molecule has 8 nitrogen and oxygen atoms in total. The Kier molecular flexibility index (Phi) is 4.48. The number of hydrogen-bond acceptors (Lipinski definition) is 7. The molecule has 3 aromatic heterocycles. The van der Waals surface area contributed by atoms with Gasteiger partial charge in [0.05, 0.1) is 12.2 Å². The normalized spacial score (nSPS) is 21.9. The molecule has 9 heteroatoms. The molecule has 1 amide bonds. The van der Waals surface area contributed by atoms with Gasteiger partial charge in [0.2, 0.25) is 5.67 Å². The highest BCUT2D eigenvalue weighted by atomic mass is 19.1. The van der Waals surface area contributed by atoms with E-state index in [1.807, 2.05) is 13.8 Å². The van der Waals surface area contributed by atoms with Gasteiger partial charge in [-0.05, 0) is 51.7 Å². The maximum Gasteiger partial charge on any atom is 0.289 e. The number of nitrogens with zero attached hydrogens (tertiary/aromatic N) is 4. The summed E-state index contributed by atoms with van der Waals surface area (Å²) >= 11 is 0. The zero-order chi connectivity index (χ0) is 20.9. The third kappa shape index (κ3) is 3.42. The van der Waals surface area contributed by atoms with Gasteiger partial charge in [-0.25, -0.2) is 4.39 Å². The van der Waals surface area contributed by atoms with E-state index >= 15 is 4.39 Å². The zero-order valence-corrected chi connectivity index (χ0v) is 17.0. The molecular formula is C21H23FN4O4. The van der Waals surface area contributed by atoms with Gasteiger partial charge in [-0.15, -0.1) is 0 Å². The second-order valence-corrected chi connectivity index (χ2v) is 8.27. The number of aryl methyl sites for hydroxylation is 2. The summed E-state index contributed by atoms with van der Waals surface area (Å²) in [5.74, 6) is 2.02. The summed E-state index contributed by atoms with van der Waals surface area (Å²) in [6.45, 7) is 4.03. The minimum absolute atomic E-state index is 0.0274. The molecule has 0 aromatic carbocycles. The Morgan fingerprint density at radius 1 is 1.27 bits per heavy atom. The Morgan fingerprint density at radius 3 is 2.83 bits per heavy atom. The second kappa shape index (κ2) is 7.07. The predicted octanol–water partition coefficient (Wildman–Crippen LogP) is 3.84. The van der Waals surface area contributed by atoms with Gasteiger partial charge in [0, 0.05) is 24.4 Å². The molecule has 0 radical (unpaired) electrons. The first-order chi connectivity index (χ1) is 14.4. The molecule has 4 heterocycles. The molecule has 0 N–H and O–H groups in total. The van der Waals surface area contributed by atoms with Crippen LogP contribution in [0.3, 0.4) is 0 Å². The number of furan rings is 1. The van der Waals surface area contributed by atoms with Crippen LogP contribution in [0.5, 0.6) is 0 Å². The Hall–Kier alpha value is -2.97. The number of carbonyl (C=O) groups excluding carboxylic acids is 1. The van der Waals surface area contributed by atoms with Crippen molar-refractivity contribution >= 4 is 5.91 Å². The minimum Gasteiger partial charge on any atom is -0.456 e. The summed E-state index contributed by atoms with van der Waals surface area (Å²) < 4.78 is 31.8. The van der Waals surface area contributed by atoms with Crippen molar-refractivity contribution in [3.63, 3.8) is 0 Å². The zero-order valence-electron chi connectivity index (χ0n) is 17.0. The summed E-state index contributed by atoms with van der Waals surface area (Å²) in [5.41, 5.74) is -0.104. The molecule has 1 aliphatic heterocycles. The standard InChI is InChI=1S/C21H23FN4O4/c1-12-16(13(2)29-24-12)10-15-6-7-17(28-15)19(27)26-9-3-8-21(22,11-26)20-23-18(25-30-20)14-4-5-14/h6-7,14H,3-5,8-11H2,1-2H3. The van der Waals surface area contributed by atoms with Crippen LogP contribution in [-0.4, -0.2) is 39.2 Å². The van der Waals surface area contributed by atoms with Gasteiger partial charge in [-0.3, -0.25) is 4.79 Å². The molecule has 0 spiro atoms. The average Bonchev–Trinajstić information content (AvgIpc) is 3.13. The summed E-state index contributed by atoms with van der Waals surface area (Å²) in [7, 11) is 0. The maximum atomic E-state index is 15.6. The van der Waals surface area contributed by atoms with E-state index in [0.29, 0.717) is 31.0 Å². The van der Waals surface area contributed by atoms with Crippen LogP contribution in [0.15, 0.2) is 25.6 Å². The Bertz CT molecular complexity index is 1060. The van der Waals surface area contributed by atoms with Gasteiger partial charge >= 0.3 is 0 Å². The number of halogens is 1. The molecule has 2 aliphatic rings. The number of aromatic nitrogens is 3. The molecule has 0 bridgehead atoms. The number of carbonyl (C=O) groups is 1. The molecule has 1 aliphatic carbocycles. The lowest BCUT2D eigenvalue weighted by Crippen LogP contribution is -2.46. The highest BCUT2D eigenvalue weighted by Gasteiger charge is 2.45. The summed E-state index contributed by atoms with van der Waals surface area (Å²) in [5, 5.41) is 7.85. The van der Waals surface area contributed by atoms with Gasteiger partial charge in [0.25, 0.3) is 11.8 Å². The molecule has 5 rings (SSSR count). The Morgan fingerprint density at radius 2 is 2.10 bits per heavy atom. The molecule has 3 aromatic rings. The molecule has 1 atom stereocenters. The quantitative estimate of drug-likeness (QED) is 0.625. The van der Waals surface area contributed by atoms with Crippen molar-refractivity contribution in [3.8, 4) is 0 Å². The van der Waals surface area contributed by atoms with Gasteiger partial charge in [0.15, 0.2) is 11.6 Å². The second-order valence-electron chi connectivity index (χ2n) is 8.27. The van der Waals surface area contributed by atoms with E-state index in [4.69, 9.17) is 13.5 Å². The summed E-state index contributed by atoms with van der Waals surface area (Å²) in [6.07, 6.45) is 3.26. The molecule has 30 heavy (non-hydrogen) atoms. The van der Waals surface area contributed by atoms with Crippen molar-refractivity contribution in [2.45, 2.75) is 57.5 Å². The molecule has 158 valence electrons. The number of piperidine rings is 1. The Balaban J connectivity index is 1.30. The van der Waals surface area contributed by atoms with E-state index in [1.54, 1.807) is 12.1 Å². The van der Waals surface area contributed by atoms with Crippen LogP contribution >= 0.6 is 0 Å². The summed E-state index contributed by atoms with van der Waals surface area (Å²) in [4.78, 5) is 18.7. The van der Waals surface area contributed by atoms with Gasteiger partial charge in [-0.2, -0.15) is 4.98 Å². The maximum absolute atomic E-state index is 15.6. The van der Waals surface area contributed by atoms with Crippen molar-refractivity contribution in [2.24, 2.45) is 0 Å². The van der Waals surface area contributed by atoms with Crippen molar-refractivity contribution in [1.29, 1.82) is 0 Å². The first kappa shape index (κ1) is 19.0. The predicted molar refractivity (Wildman–Crippen MR) is 102 cm³/mol. The average molecular weight is 414 g/mol. The van der Waals surface area contributed by atoms with E-state index in [1.165, 1.54) is 4.90 Å². The monoisotopic (exact) mass is 414 g/mol. The molecule has 1 saturated carbocycles. The van der Waals surface area contributed by atoms with Crippen LogP contribution in [0, 0.1) is 13.8 Å². The van der Waals surface area contributed by atoms with Gasteiger partial charge < -0.3 is 18.4 Å². The van der Waals surface area contributed by atoms with E-state index in [9.17, 15) is 4.79 Å². The van der Waals surface area contributed by atoms with Crippen LogP contribution < -0.4 is 0 Å². The Labute approximate surface area is 172 Å². The first-order valence-corrected chi connectivity index (χ1v) is 10.3. The SMILES string of the molecule is Cc1noc(C)c1Cc1ccc(C(=O)N2CCCC(F)(c3nc(C4CC4)no3)C2)o1. The molecule has 1 saturated heterocycles. The topological polar surface area (TPSA) is 98.4 Å². The lowest BCUT2D eigenvalue weighted by atomic mass is 9.94. The van der Waals surface area contributed by atoms with E-state index in [-0.39, 0.29) is 36.4 Å². The van der Waals surface area contributed by atoms with E-state index in [0.717, 1.165) is 29.9 Å². The first-order valence-electron chi connectivity index (χ1n) is 10.3. The fourth-order valence-corrected chi connectivity index (χ4v) is 3.96. The van der Waals surface area contributed by atoms with Crippen molar-refractivity contribution in [3.05, 3.63) is 52.4 Å². The van der Waals surface area contributed by atoms with Crippen molar-refractivity contribution in [2.75, 3.05) is 13.1 Å². The van der Waals surface area contributed by atoms with E-state index < -0.39 is 5.67 Å². The van der Waals surface area contributed by atoms with Crippen LogP contribution in [0.4, 0.5) is 4.39 Å². The highest BCUT2D eigenvalue weighted by Crippen LogP contribution is 2.41. The van der Waals surface area contributed by atoms with Crippen molar-refractivity contribution in [1.82, 2.24) is 20.2 Å². The number of amides is 1.